The Hall–Kier alpha value is -4.26. The Bertz CT molecular complexity index is 1430. The summed E-state index contributed by atoms with van der Waals surface area (Å²) in [6.07, 6.45) is 1.84. The number of nitrogens with zero attached hydrogens (tertiary/aromatic N) is 4. The van der Waals surface area contributed by atoms with Crippen LogP contribution < -0.4 is 5.32 Å². The second-order valence-electron chi connectivity index (χ2n) is 8.96. The van der Waals surface area contributed by atoms with E-state index in [1.807, 2.05) is 79.0 Å². The van der Waals surface area contributed by atoms with Crippen molar-refractivity contribution in [3.8, 4) is 22.8 Å². The number of benzene rings is 2. The first-order valence-electron chi connectivity index (χ1n) is 10.8. The molecule has 3 aromatic heterocycles. The summed E-state index contributed by atoms with van der Waals surface area (Å²) >= 11 is 0. The number of hydrogen-bond acceptors (Lipinski definition) is 4. The molecule has 0 bridgehead atoms. The molecule has 3 heterocycles. The van der Waals surface area contributed by atoms with E-state index in [1.165, 1.54) is 5.56 Å². The smallest absolute Gasteiger partial charge is 0.255 e. The molecule has 7 heteroatoms. The molecule has 0 aliphatic heterocycles. The average Bonchev–Trinajstić information content (AvgIpc) is 3.48. The molecule has 0 aliphatic rings. The lowest BCUT2D eigenvalue weighted by Crippen LogP contribution is -2.14. The first kappa shape index (κ1) is 20.6. The highest BCUT2D eigenvalue weighted by molar-refractivity contribution is 6.04. The van der Waals surface area contributed by atoms with E-state index in [-0.39, 0.29) is 11.3 Å². The summed E-state index contributed by atoms with van der Waals surface area (Å²) < 4.78 is 1.71. The molecule has 5 aromatic rings. The number of aromatic nitrogens is 5. The fourth-order valence-corrected chi connectivity index (χ4v) is 3.66. The van der Waals surface area contributed by atoms with Crippen molar-refractivity contribution in [2.24, 2.45) is 0 Å². The molecule has 5 rings (SSSR count). The Morgan fingerprint density at radius 3 is 2.48 bits per heavy atom. The van der Waals surface area contributed by atoms with Crippen molar-refractivity contribution < 1.29 is 4.79 Å². The molecule has 164 valence electrons. The van der Waals surface area contributed by atoms with Gasteiger partial charge in [0, 0.05) is 23.0 Å². The molecule has 0 radical (unpaired) electrons. The highest BCUT2D eigenvalue weighted by Crippen LogP contribution is 2.25. The molecule has 0 aliphatic carbocycles. The lowest BCUT2D eigenvalue weighted by Gasteiger charge is -2.19. The van der Waals surface area contributed by atoms with Crippen LogP contribution in [0.25, 0.3) is 28.4 Å². The van der Waals surface area contributed by atoms with Gasteiger partial charge in [0.15, 0.2) is 5.65 Å². The van der Waals surface area contributed by atoms with Crippen LogP contribution in [0.5, 0.6) is 0 Å². The molecule has 7 nitrogen and oxygen atoms in total. The van der Waals surface area contributed by atoms with E-state index in [2.05, 4.69) is 41.3 Å². The van der Waals surface area contributed by atoms with Crippen molar-refractivity contribution in [1.29, 1.82) is 0 Å². The number of carbonyl (C=O) groups excluding carboxylic acids is 1. The Morgan fingerprint density at radius 2 is 1.76 bits per heavy atom. The average molecular weight is 437 g/mol. The van der Waals surface area contributed by atoms with E-state index >= 15 is 0 Å². The van der Waals surface area contributed by atoms with Crippen molar-refractivity contribution in [3.63, 3.8) is 0 Å². The second-order valence-corrected chi connectivity index (χ2v) is 8.96. The van der Waals surface area contributed by atoms with Gasteiger partial charge in [-0.15, -0.1) is 10.2 Å². The molecule has 0 atom stereocenters. The second kappa shape index (κ2) is 8.02. The Balaban J connectivity index is 1.41. The molecule has 0 spiro atoms. The molecule has 0 saturated heterocycles. The van der Waals surface area contributed by atoms with Crippen LogP contribution in [0.1, 0.15) is 36.7 Å². The third-order valence-corrected chi connectivity index (χ3v) is 5.53. The van der Waals surface area contributed by atoms with E-state index < -0.39 is 0 Å². The number of fused-ring (bicyclic) bond motifs is 1. The Labute approximate surface area is 191 Å². The summed E-state index contributed by atoms with van der Waals surface area (Å²) in [6.45, 7) is 6.46. The summed E-state index contributed by atoms with van der Waals surface area (Å²) in [6, 6.07) is 23.0. The van der Waals surface area contributed by atoms with E-state index in [1.54, 1.807) is 4.52 Å². The van der Waals surface area contributed by atoms with Crippen molar-refractivity contribution in [1.82, 2.24) is 24.8 Å². The molecule has 0 unspecified atom stereocenters. The molecule has 2 aromatic carbocycles. The Morgan fingerprint density at radius 1 is 0.939 bits per heavy atom. The highest BCUT2D eigenvalue weighted by Gasteiger charge is 2.15. The zero-order valence-corrected chi connectivity index (χ0v) is 18.7. The number of aromatic amines is 1. The predicted molar refractivity (Wildman–Crippen MR) is 129 cm³/mol. The lowest BCUT2D eigenvalue weighted by molar-refractivity contribution is 0.102. The van der Waals surface area contributed by atoms with Gasteiger partial charge in [0.2, 0.25) is 5.82 Å². The minimum Gasteiger partial charge on any atom is -0.359 e. The van der Waals surface area contributed by atoms with Gasteiger partial charge in [-0.3, -0.25) is 4.79 Å². The molecule has 0 fully saturated rings. The van der Waals surface area contributed by atoms with Crippen molar-refractivity contribution >= 4 is 17.2 Å². The number of anilines is 1. The van der Waals surface area contributed by atoms with E-state index in [0.717, 1.165) is 17.0 Å². The van der Waals surface area contributed by atoms with Gasteiger partial charge in [0.25, 0.3) is 5.91 Å². The normalized spacial score (nSPS) is 11.6. The van der Waals surface area contributed by atoms with E-state index in [0.29, 0.717) is 22.7 Å². The zero-order valence-electron chi connectivity index (χ0n) is 18.7. The number of carbonyl (C=O) groups is 1. The van der Waals surface area contributed by atoms with Gasteiger partial charge in [-0.25, -0.2) is 0 Å². The van der Waals surface area contributed by atoms with Crippen molar-refractivity contribution in [2.75, 3.05) is 5.32 Å². The molecule has 0 saturated carbocycles. The number of hydrogen-bond donors (Lipinski definition) is 2. The number of rotatable bonds is 4. The van der Waals surface area contributed by atoms with Gasteiger partial charge in [0.05, 0.1) is 11.4 Å². The van der Waals surface area contributed by atoms with Crippen LogP contribution in [-0.2, 0) is 5.41 Å². The van der Waals surface area contributed by atoms with Gasteiger partial charge in [-0.2, -0.15) is 9.61 Å². The van der Waals surface area contributed by atoms with Gasteiger partial charge < -0.3 is 10.3 Å². The maximum absolute atomic E-state index is 12.8. The summed E-state index contributed by atoms with van der Waals surface area (Å²) in [5.41, 5.74) is 5.68. The number of H-pyrrole nitrogens is 1. The third-order valence-electron chi connectivity index (χ3n) is 5.53. The van der Waals surface area contributed by atoms with Crippen LogP contribution in [-0.4, -0.2) is 30.7 Å². The maximum Gasteiger partial charge on any atom is 0.255 e. The van der Waals surface area contributed by atoms with Crippen LogP contribution in [0.2, 0.25) is 0 Å². The fourth-order valence-electron chi connectivity index (χ4n) is 3.66. The Kier molecular flexibility index (Phi) is 5.01. The van der Waals surface area contributed by atoms with Gasteiger partial charge in [-0.05, 0) is 59.5 Å². The molecule has 2 N–H and O–H groups in total. The quantitative estimate of drug-likeness (QED) is 0.398. The van der Waals surface area contributed by atoms with Crippen LogP contribution in [0.4, 0.5) is 5.69 Å². The largest absolute Gasteiger partial charge is 0.359 e. The lowest BCUT2D eigenvalue weighted by atomic mass is 9.87. The summed E-state index contributed by atoms with van der Waals surface area (Å²) in [7, 11) is 0. The summed E-state index contributed by atoms with van der Waals surface area (Å²) in [5.74, 6) is 0.490. The SMILES string of the molecule is CC(C)(C)c1ccc(C(=O)Nc2cccc(-c3ccc4nnc(-c5ccc[nH]5)n4n3)c2)cc1. The van der Waals surface area contributed by atoms with Crippen LogP contribution >= 0.6 is 0 Å². The fraction of sp³-hybridized carbons (Fsp3) is 0.154. The number of nitrogens with one attached hydrogen (secondary N) is 2. The topological polar surface area (TPSA) is 88.0 Å². The maximum atomic E-state index is 12.8. The first-order chi connectivity index (χ1) is 15.9. The molecule has 1 amide bonds. The molecule has 33 heavy (non-hydrogen) atoms. The van der Waals surface area contributed by atoms with Crippen LogP contribution in [0.15, 0.2) is 79.0 Å². The first-order valence-corrected chi connectivity index (χ1v) is 10.8. The molecular formula is C26H24N6O. The highest BCUT2D eigenvalue weighted by atomic mass is 16.1. The zero-order chi connectivity index (χ0) is 23.0. The van der Waals surface area contributed by atoms with Gasteiger partial charge in [0.1, 0.15) is 0 Å². The van der Waals surface area contributed by atoms with Gasteiger partial charge >= 0.3 is 0 Å². The minimum absolute atomic E-state index is 0.0446. The monoisotopic (exact) mass is 436 g/mol. The van der Waals surface area contributed by atoms with Gasteiger partial charge in [-0.1, -0.05) is 45.0 Å². The van der Waals surface area contributed by atoms with Crippen molar-refractivity contribution in [3.05, 3.63) is 90.1 Å². The minimum atomic E-state index is -0.149. The van der Waals surface area contributed by atoms with Crippen LogP contribution in [0, 0.1) is 0 Å². The van der Waals surface area contributed by atoms with Crippen LogP contribution in [0.3, 0.4) is 0 Å². The number of amides is 1. The summed E-state index contributed by atoms with van der Waals surface area (Å²) in [5, 5.41) is 16.2. The van der Waals surface area contributed by atoms with E-state index in [9.17, 15) is 4.79 Å². The standard InChI is InChI=1S/C26H24N6O/c1-26(2,3)19-11-9-17(10-12-19)25(33)28-20-7-4-6-18(16-20)21-13-14-23-29-30-24(32(23)31-21)22-8-5-15-27-22/h4-16,27H,1-3H3,(H,28,33). The van der Waals surface area contributed by atoms with E-state index in [4.69, 9.17) is 5.10 Å². The molecular weight excluding hydrogens is 412 g/mol. The predicted octanol–water partition coefficient (Wildman–Crippen LogP) is 5.34. The van der Waals surface area contributed by atoms with Crippen molar-refractivity contribution in [2.45, 2.75) is 26.2 Å². The third kappa shape index (κ3) is 4.13. The summed E-state index contributed by atoms with van der Waals surface area (Å²) in [4.78, 5) is 15.9.